The first-order chi connectivity index (χ1) is 41.0. The summed E-state index contributed by atoms with van der Waals surface area (Å²) in [5.74, 6) is -5.65. The minimum Gasteiger partial charge on any atom is -0.457 e. The molecule has 13 atom stereocenters. The minimum absolute atomic E-state index is 0.0155. The molecule has 0 aromatic heterocycles. The van der Waals surface area contributed by atoms with Crippen LogP contribution in [-0.2, 0) is 63.9 Å². The van der Waals surface area contributed by atoms with Crippen molar-refractivity contribution in [2.24, 2.45) is 17.6 Å². The molecule has 480 valence electrons. The van der Waals surface area contributed by atoms with Crippen LogP contribution in [0.5, 0.6) is 0 Å². The Morgan fingerprint density at radius 3 is 2.14 bits per heavy atom. The Bertz CT molecular complexity index is 2720. The Labute approximate surface area is 507 Å². The van der Waals surface area contributed by atoms with Gasteiger partial charge in [0.15, 0.2) is 6.10 Å². The van der Waals surface area contributed by atoms with Gasteiger partial charge < -0.3 is 76.2 Å². The molecule has 1 aromatic carbocycles. The molecule has 0 saturated carbocycles. The number of esters is 1. The number of benzene rings is 1. The molecular formula is C61H88N8O18. The number of anilines is 1. The van der Waals surface area contributed by atoms with Gasteiger partial charge in [0.1, 0.15) is 36.4 Å². The number of epoxide rings is 1. The van der Waals surface area contributed by atoms with E-state index in [0.717, 1.165) is 4.90 Å². The summed E-state index contributed by atoms with van der Waals surface area (Å²) in [5.41, 5.74) is 3.87. The number of carbonyl (C=O) groups is 10. The maximum absolute atomic E-state index is 13.7. The molecule has 26 heteroatoms. The number of amides is 9. The lowest BCUT2D eigenvalue weighted by atomic mass is 9.88. The molecule has 10 N–H and O–H groups in total. The van der Waals surface area contributed by atoms with Gasteiger partial charge in [-0.1, -0.05) is 63.6 Å². The second-order valence-corrected chi connectivity index (χ2v) is 23.5. The van der Waals surface area contributed by atoms with Crippen molar-refractivity contribution in [3.05, 3.63) is 77.9 Å². The van der Waals surface area contributed by atoms with E-state index >= 15 is 0 Å². The number of cyclic esters (lactones) is 1. The molecule has 5 rings (SSSR count). The average molecular weight is 1220 g/mol. The van der Waals surface area contributed by atoms with Crippen molar-refractivity contribution in [1.82, 2.24) is 30.7 Å². The Kier molecular flexibility index (Phi) is 26.2. The van der Waals surface area contributed by atoms with Crippen LogP contribution in [0.3, 0.4) is 0 Å². The summed E-state index contributed by atoms with van der Waals surface area (Å²) in [7, 11) is 0. The van der Waals surface area contributed by atoms with Gasteiger partial charge in [0.05, 0.1) is 42.9 Å². The molecule has 0 spiro atoms. The first-order valence-electron chi connectivity index (χ1n) is 29.7. The largest absolute Gasteiger partial charge is 0.457 e. The van der Waals surface area contributed by atoms with Gasteiger partial charge in [-0.2, -0.15) is 0 Å². The Hall–Kier alpha value is -7.52. The third-order valence-electron chi connectivity index (χ3n) is 15.7. The number of unbranched alkanes of at least 4 members (excludes halogenated alkanes) is 2. The molecular weight excluding hydrogens is 1130 g/mol. The number of rotatable bonds is 26. The summed E-state index contributed by atoms with van der Waals surface area (Å²) >= 11 is 0. The first-order valence-corrected chi connectivity index (χ1v) is 29.7. The van der Waals surface area contributed by atoms with Crippen LogP contribution < -0.4 is 27.0 Å². The number of primary amides is 1. The molecule has 4 heterocycles. The number of allylic oxidation sites excluding steroid dienone is 2. The summed E-state index contributed by atoms with van der Waals surface area (Å²) in [6, 6.07) is 2.46. The van der Waals surface area contributed by atoms with Crippen LogP contribution in [0.25, 0.3) is 0 Å². The van der Waals surface area contributed by atoms with E-state index in [9.17, 15) is 68.4 Å². The highest BCUT2D eigenvalue weighted by atomic mass is 16.6. The smallest absolute Gasteiger partial charge is 0.410 e. The summed E-state index contributed by atoms with van der Waals surface area (Å²) in [6.07, 6.45) is 6.59. The van der Waals surface area contributed by atoms with Crippen LogP contribution in [0.2, 0.25) is 0 Å². The van der Waals surface area contributed by atoms with E-state index < -0.39 is 114 Å². The number of aliphatic hydroxyl groups is 4. The fraction of sp³-hybridized carbons (Fsp3) is 0.607. The number of aliphatic hydroxyl groups excluding tert-OH is 2. The molecule has 1 aromatic rings. The standard InChI is InChI=1S/C61H88N8O18/c1-9-45(71)38(4)54-46(85-54)34-60(7,82)25-13-14-36(2)53-37(3)16-21-47(61(8,83)26-24-43(70)32-52(76)87-53)86-59(81)68-30-28-67(29-31-68)58(80)84-35-41-17-19-42(20-18-41)65-57(79)44(33-48(62)72)66-56(78)40(6)64-55(77)39(5)63-49(73)15-11-10-12-27-69-50(74)22-23-51(69)75/h13-14,16-23,25,37-40,43-47,53-54,70-71,82-83H,9-12,15,24,26-35H2,1-8H3,(H2,62,72)(H,63,73)(H,64,77)(H,65,79)(H,66,78)/b21-16+,25-13+,36-14+/t37-,38+,39?,40?,43+,44?,45-,46+,47-,53+,54+,60?,61+/m0/s1. The third kappa shape index (κ3) is 22.3. The fourth-order valence-corrected chi connectivity index (χ4v) is 10.1. The van der Waals surface area contributed by atoms with E-state index in [1.807, 2.05) is 13.8 Å². The predicted octanol–water partition coefficient (Wildman–Crippen LogP) is 2.46. The zero-order valence-corrected chi connectivity index (χ0v) is 50.9. The van der Waals surface area contributed by atoms with Crippen LogP contribution in [0.15, 0.2) is 72.4 Å². The second kappa shape index (κ2) is 32.5. The predicted molar refractivity (Wildman–Crippen MR) is 315 cm³/mol. The molecule has 9 amide bonds. The van der Waals surface area contributed by atoms with Crippen molar-refractivity contribution in [3.8, 4) is 0 Å². The monoisotopic (exact) mass is 1220 g/mol. The highest BCUT2D eigenvalue weighted by molar-refractivity contribution is 6.12. The Balaban J connectivity index is 1.06. The van der Waals surface area contributed by atoms with Crippen molar-refractivity contribution in [3.63, 3.8) is 0 Å². The molecule has 87 heavy (non-hydrogen) atoms. The lowest BCUT2D eigenvalue weighted by Gasteiger charge is -2.37. The first kappa shape index (κ1) is 70.2. The summed E-state index contributed by atoms with van der Waals surface area (Å²) < 4.78 is 23.1. The molecule has 0 aliphatic carbocycles. The molecule has 4 unspecified atom stereocenters. The number of nitrogens with zero attached hydrogens (tertiary/aromatic N) is 3. The van der Waals surface area contributed by atoms with Crippen molar-refractivity contribution < 1.29 is 87.3 Å². The van der Waals surface area contributed by atoms with E-state index in [-0.39, 0.29) is 101 Å². The Morgan fingerprint density at radius 1 is 0.885 bits per heavy atom. The molecule has 2 fully saturated rings. The van der Waals surface area contributed by atoms with E-state index in [1.54, 1.807) is 57.2 Å². The lowest BCUT2D eigenvalue weighted by molar-refractivity contribution is -0.151. The lowest BCUT2D eigenvalue weighted by Crippen LogP contribution is -2.55. The molecule has 26 nitrogen and oxygen atoms in total. The SMILES string of the molecule is CC[C@H](O)[C@@H](C)[C@H]1O[C@@H]1CC(C)(O)/C=C/C=C(\C)[C@H]1OC(=O)C[C@H](O)CC[C@@](C)(O)[C@@H](OC(=O)N2CCN(C(=O)OCc3ccc(NC(=O)C(CC(N)=O)NC(=O)C(C)NC(=O)C(C)NC(=O)CCCCCN4C(=O)C=CC4=O)cc3)CC2)/C=C/[C@@H]1C. The van der Waals surface area contributed by atoms with E-state index in [1.165, 1.54) is 60.9 Å². The number of hydrogen-bond acceptors (Lipinski definition) is 18. The Morgan fingerprint density at radius 2 is 1.51 bits per heavy atom. The number of imide groups is 1. The van der Waals surface area contributed by atoms with Gasteiger partial charge in [-0.15, -0.1) is 0 Å². The van der Waals surface area contributed by atoms with Crippen LogP contribution >= 0.6 is 0 Å². The van der Waals surface area contributed by atoms with Gasteiger partial charge in [-0.25, -0.2) is 9.59 Å². The summed E-state index contributed by atoms with van der Waals surface area (Å²) in [4.78, 5) is 131. The molecule has 4 aliphatic heterocycles. The normalized spacial score (nSPS) is 25.5. The molecule has 0 radical (unpaired) electrons. The topological polar surface area (TPSA) is 376 Å². The second-order valence-electron chi connectivity index (χ2n) is 23.5. The molecule has 0 bridgehead atoms. The maximum atomic E-state index is 13.7. The number of ether oxygens (including phenoxy) is 4. The minimum atomic E-state index is -1.68. The van der Waals surface area contributed by atoms with E-state index in [0.29, 0.717) is 43.2 Å². The van der Waals surface area contributed by atoms with Crippen molar-refractivity contribution in [2.75, 3.05) is 38.0 Å². The fourth-order valence-electron chi connectivity index (χ4n) is 10.1. The van der Waals surface area contributed by atoms with Crippen LogP contribution in [0.4, 0.5) is 15.3 Å². The zero-order valence-electron chi connectivity index (χ0n) is 50.9. The maximum Gasteiger partial charge on any atom is 0.410 e. The number of nitrogens with two attached hydrogens (primary N) is 1. The van der Waals surface area contributed by atoms with E-state index in [4.69, 9.17) is 24.7 Å². The highest BCUT2D eigenvalue weighted by Crippen LogP contribution is 2.38. The van der Waals surface area contributed by atoms with E-state index in [2.05, 4.69) is 21.3 Å². The van der Waals surface area contributed by atoms with Crippen molar-refractivity contribution in [2.45, 2.75) is 192 Å². The number of hydrogen-bond donors (Lipinski definition) is 9. The van der Waals surface area contributed by atoms with Gasteiger partial charge >= 0.3 is 18.2 Å². The van der Waals surface area contributed by atoms with Gasteiger partial charge in [0, 0.05) is 75.2 Å². The van der Waals surface area contributed by atoms with Gasteiger partial charge in [-0.3, -0.25) is 43.3 Å². The number of carbonyl (C=O) groups excluding carboxylic acids is 10. The van der Waals surface area contributed by atoms with Gasteiger partial charge in [0.25, 0.3) is 11.8 Å². The van der Waals surface area contributed by atoms with Crippen LogP contribution in [-0.4, -0.2) is 193 Å². The highest BCUT2D eigenvalue weighted by Gasteiger charge is 2.47. The summed E-state index contributed by atoms with van der Waals surface area (Å²) in [6.45, 7) is 13.6. The van der Waals surface area contributed by atoms with Gasteiger partial charge in [0.2, 0.25) is 29.5 Å². The average Bonchev–Trinajstić information content (AvgIpc) is 1.98. The quantitative estimate of drug-likeness (QED) is 0.0122. The van der Waals surface area contributed by atoms with Crippen LogP contribution in [0.1, 0.15) is 125 Å². The number of piperazine rings is 1. The molecule has 4 aliphatic rings. The van der Waals surface area contributed by atoms with Gasteiger partial charge in [-0.05, 0) is 96.1 Å². The third-order valence-corrected chi connectivity index (χ3v) is 15.7. The number of nitrogens with one attached hydrogen (secondary N) is 4. The van der Waals surface area contributed by atoms with Crippen molar-refractivity contribution in [1.29, 1.82) is 0 Å². The van der Waals surface area contributed by atoms with Crippen molar-refractivity contribution >= 4 is 65.2 Å². The zero-order chi connectivity index (χ0) is 64.3. The van der Waals surface area contributed by atoms with Crippen LogP contribution in [0, 0.1) is 11.8 Å². The molecule has 2 saturated heterocycles. The summed E-state index contributed by atoms with van der Waals surface area (Å²) in [5, 5.41) is 53.9.